The second kappa shape index (κ2) is 4.76. The summed E-state index contributed by atoms with van der Waals surface area (Å²) < 4.78 is 13.5. The van der Waals surface area contributed by atoms with Gasteiger partial charge in [-0.15, -0.1) is 0 Å². The standard InChI is InChI=1S/C11H15ClFN/c1-7(2)10(6-14)9-5-8(12)3-4-11(9)13/h3-5,7,10H,6,14H2,1-2H3. The first-order valence-corrected chi connectivity index (χ1v) is 5.09. The smallest absolute Gasteiger partial charge is 0.126 e. The van der Waals surface area contributed by atoms with E-state index in [1.807, 2.05) is 13.8 Å². The molecule has 0 aliphatic carbocycles. The Morgan fingerprint density at radius 3 is 2.57 bits per heavy atom. The van der Waals surface area contributed by atoms with E-state index in [0.29, 0.717) is 23.0 Å². The Kier molecular flexibility index (Phi) is 3.90. The molecule has 1 atom stereocenters. The van der Waals surface area contributed by atoms with E-state index in [1.165, 1.54) is 6.07 Å². The minimum Gasteiger partial charge on any atom is -0.330 e. The van der Waals surface area contributed by atoms with Crippen molar-refractivity contribution in [1.29, 1.82) is 0 Å². The van der Waals surface area contributed by atoms with Gasteiger partial charge in [0.1, 0.15) is 5.82 Å². The van der Waals surface area contributed by atoms with Crippen LogP contribution in [0.15, 0.2) is 18.2 Å². The minimum absolute atomic E-state index is 0.0358. The topological polar surface area (TPSA) is 26.0 Å². The van der Waals surface area contributed by atoms with Crippen molar-refractivity contribution in [2.45, 2.75) is 19.8 Å². The Morgan fingerprint density at radius 1 is 1.43 bits per heavy atom. The van der Waals surface area contributed by atoms with Crippen LogP contribution in [0.5, 0.6) is 0 Å². The van der Waals surface area contributed by atoms with Gasteiger partial charge in [-0.1, -0.05) is 25.4 Å². The highest BCUT2D eigenvalue weighted by Crippen LogP contribution is 2.27. The second-order valence-electron chi connectivity index (χ2n) is 3.75. The van der Waals surface area contributed by atoms with E-state index in [2.05, 4.69) is 0 Å². The van der Waals surface area contributed by atoms with Crippen molar-refractivity contribution in [2.24, 2.45) is 11.7 Å². The van der Waals surface area contributed by atoms with E-state index in [1.54, 1.807) is 12.1 Å². The molecule has 0 aliphatic heterocycles. The molecule has 0 heterocycles. The third-order valence-electron chi connectivity index (χ3n) is 2.42. The predicted octanol–water partition coefficient (Wildman–Crippen LogP) is 3.18. The molecule has 0 bridgehead atoms. The third-order valence-corrected chi connectivity index (χ3v) is 2.65. The van der Waals surface area contributed by atoms with Crippen molar-refractivity contribution in [3.63, 3.8) is 0 Å². The van der Waals surface area contributed by atoms with E-state index >= 15 is 0 Å². The average molecular weight is 216 g/mol. The highest BCUT2D eigenvalue weighted by molar-refractivity contribution is 6.30. The maximum atomic E-state index is 13.5. The molecule has 14 heavy (non-hydrogen) atoms. The van der Waals surface area contributed by atoms with Gasteiger partial charge >= 0.3 is 0 Å². The lowest BCUT2D eigenvalue weighted by Crippen LogP contribution is -2.19. The highest BCUT2D eigenvalue weighted by Gasteiger charge is 2.17. The van der Waals surface area contributed by atoms with Crippen LogP contribution in [0.2, 0.25) is 5.02 Å². The average Bonchev–Trinajstić information content (AvgIpc) is 2.11. The van der Waals surface area contributed by atoms with Crippen molar-refractivity contribution in [2.75, 3.05) is 6.54 Å². The molecule has 1 unspecified atom stereocenters. The normalized spacial score (nSPS) is 13.3. The van der Waals surface area contributed by atoms with E-state index in [-0.39, 0.29) is 11.7 Å². The zero-order valence-corrected chi connectivity index (χ0v) is 9.18. The fourth-order valence-electron chi connectivity index (χ4n) is 1.56. The SMILES string of the molecule is CC(C)C(CN)c1cc(Cl)ccc1F. The maximum absolute atomic E-state index is 13.5. The summed E-state index contributed by atoms with van der Waals surface area (Å²) in [6, 6.07) is 4.60. The Bertz CT molecular complexity index is 312. The van der Waals surface area contributed by atoms with Gasteiger partial charge in [0.25, 0.3) is 0 Å². The van der Waals surface area contributed by atoms with Gasteiger partial charge in [0.15, 0.2) is 0 Å². The fourth-order valence-corrected chi connectivity index (χ4v) is 1.74. The van der Waals surface area contributed by atoms with Gasteiger partial charge in [-0.3, -0.25) is 0 Å². The summed E-state index contributed by atoms with van der Waals surface area (Å²) in [6.07, 6.45) is 0. The van der Waals surface area contributed by atoms with E-state index in [4.69, 9.17) is 17.3 Å². The summed E-state index contributed by atoms with van der Waals surface area (Å²) in [4.78, 5) is 0. The Labute approximate surface area is 89.1 Å². The Morgan fingerprint density at radius 2 is 2.07 bits per heavy atom. The van der Waals surface area contributed by atoms with E-state index in [0.717, 1.165) is 0 Å². The minimum atomic E-state index is -0.224. The van der Waals surface area contributed by atoms with Crippen LogP contribution in [-0.4, -0.2) is 6.54 Å². The van der Waals surface area contributed by atoms with Crippen LogP contribution in [0, 0.1) is 11.7 Å². The van der Waals surface area contributed by atoms with E-state index < -0.39 is 0 Å². The van der Waals surface area contributed by atoms with Crippen LogP contribution in [0.25, 0.3) is 0 Å². The largest absolute Gasteiger partial charge is 0.330 e. The number of hydrogen-bond donors (Lipinski definition) is 1. The highest BCUT2D eigenvalue weighted by atomic mass is 35.5. The van der Waals surface area contributed by atoms with Gasteiger partial charge in [0.05, 0.1) is 0 Å². The summed E-state index contributed by atoms with van der Waals surface area (Å²) in [7, 11) is 0. The molecule has 0 aliphatic rings. The van der Waals surface area contributed by atoms with Gasteiger partial charge in [0, 0.05) is 10.9 Å². The molecular weight excluding hydrogens is 201 g/mol. The summed E-state index contributed by atoms with van der Waals surface area (Å²) in [6.45, 7) is 4.49. The van der Waals surface area contributed by atoms with Crippen LogP contribution >= 0.6 is 11.6 Å². The van der Waals surface area contributed by atoms with Crippen LogP contribution in [0.3, 0.4) is 0 Å². The quantitative estimate of drug-likeness (QED) is 0.824. The Hall–Kier alpha value is -0.600. The number of hydrogen-bond acceptors (Lipinski definition) is 1. The van der Waals surface area contributed by atoms with Crippen LogP contribution < -0.4 is 5.73 Å². The number of benzene rings is 1. The molecule has 2 N–H and O–H groups in total. The second-order valence-corrected chi connectivity index (χ2v) is 4.19. The fraction of sp³-hybridized carbons (Fsp3) is 0.455. The maximum Gasteiger partial charge on any atom is 0.126 e. The lowest BCUT2D eigenvalue weighted by Gasteiger charge is -2.20. The molecule has 1 aromatic rings. The molecule has 0 spiro atoms. The van der Waals surface area contributed by atoms with Crippen LogP contribution in [-0.2, 0) is 0 Å². The van der Waals surface area contributed by atoms with Gasteiger partial charge < -0.3 is 5.73 Å². The van der Waals surface area contributed by atoms with Crippen molar-refractivity contribution >= 4 is 11.6 Å². The number of rotatable bonds is 3. The molecule has 0 saturated carbocycles. The van der Waals surface area contributed by atoms with Gasteiger partial charge in [-0.25, -0.2) is 4.39 Å². The third kappa shape index (κ3) is 2.46. The summed E-state index contributed by atoms with van der Waals surface area (Å²) in [5.74, 6) is 0.125. The number of nitrogens with two attached hydrogens (primary N) is 1. The van der Waals surface area contributed by atoms with Crippen LogP contribution in [0.1, 0.15) is 25.3 Å². The molecule has 78 valence electrons. The van der Waals surface area contributed by atoms with Gasteiger partial charge in [0.2, 0.25) is 0 Å². The molecular formula is C11H15ClFN. The van der Waals surface area contributed by atoms with Crippen LogP contribution in [0.4, 0.5) is 4.39 Å². The summed E-state index contributed by atoms with van der Waals surface area (Å²) in [5.41, 5.74) is 6.24. The molecule has 1 aromatic carbocycles. The number of halogens is 2. The van der Waals surface area contributed by atoms with Crippen molar-refractivity contribution in [3.05, 3.63) is 34.6 Å². The molecule has 0 aromatic heterocycles. The monoisotopic (exact) mass is 215 g/mol. The van der Waals surface area contributed by atoms with E-state index in [9.17, 15) is 4.39 Å². The summed E-state index contributed by atoms with van der Waals surface area (Å²) in [5, 5.41) is 0.556. The van der Waals surface area contributed by atoms with Gasteiger partial charge in [-0.05, 0) is 36.2 Å². The zero-order chi connectivity index (χ0) is 10.7. The molecule has 0 amide bonds. The first kappa shape index (κ1) is 11.5. The molecule has 0 radical (unpaired) electrons. The van der Waals surface area contributed by atoms with Crippen molar-refractivity contribution in [1.82, 2.24) is 0 Å². The van der Waals surface area contributed by atoms with Crippen molar-refractivity contribution in [3.8, 4) is 0 Å². The van der Waals surface area contributed by atoms with Crippen molar-refractivity contribution < 1.29 is 4.39 Å². The lowest BCUT2D eigenvalue weighted by molar-refractivity contribution is 0.479. The predicted molar refractivity (Wildman–Crippen MR) is 58.0 cm³/mol. The van der Waals surface area contributed by atoms with Gasteiger partial charge in [-0.2, -0.15) is 0 Å². The molecule has 0 saturated heterocycles. The molecule has 1 nitrogen and oxygen atoms in total. The summed E-state index contributed by atoms with van der Waals surface area (Å²) >= 11 is 5.82. The Balaban J connectivity index is 3.08. The molecule has 3 heteroatoms. The first-order valence-electron chi connectivity index (χ1n) is 4.71. The zero-order valence-electron chi connectivity index (χ0n) is 8.43. The first-order chi connectivity index (χ1) is 6.56. The molecule has 1 rings (SSSR count). The molecule has 0 fully saturated rings. The lowest BCUT2D eigenvalue weighted by atomic mass is 9.88.